The summed E-state index contributed by atoms with van der Waals surface area (Å²) in [6.45, 7) is 12.2. The predicted octanol–water partition coefficient (Wildman–Crippen LogP) is 7.72. The summed E-state index contributed by atoms with van der Waals surface area (Å²) in [6, 6.07) is 16.5. The van der Waals surface area contributed by atoms with E-state index in [0.29, 0.717) is 18.2 Å². The molecular formula is C36H48N3O4P. The first kappa shape index (κ1) is 31.2. The number of fused-ring (bicyclic) bond motifs is 3. The van der Waals surface area contributed by atoms with Crippen molar-refractivity contribution >= 4 is 24.0 Å². The lowest BCUT2D eigenvalue weighted by molar-refractivity contribution is -0.121. The maximum atomic E-state index is 14.2. The van der Waals surface area contributed by atoms with Crippen LogP contribution < -0.4 is 10.2 Å². The van der Waals surface area contributed by atoms with E-state index in [1.165, 1.54) is 0 Å². The number of hydrogen-bond acceptors (Lipinski definition) is 6. The molecule has 236 valence electrons. The van der Waals surface area contributed by atoms with Crippen molar-refractivity contribution in [3.63, 3.8) is 0 Å². The zero-order chi connectivity index (χ0) is 31.2. The predicted molar refractivity (Wildman–Crippen MR) is 176 cm³/mol. The summed E-state index contributed by atoms with van der Waals surface area (Å²) in [7, 11) is -2.32. The van der Waals surface area contributed by atoms with E-state index in [-0.39, 0.29) is 22.2 Å². The van der Waals surface area contributed by atoms with Crippen LogP contribution in [0.3, 0.4) is 0 Å². The van der Waals surface area contributed by atoms with Crippen LogP contribution in [0.5, 0.6) is 0 Å². The van der Waals surface area contributed by atoms with Crippen molar-refractivity contribution in [2.75, 3.05) is 38.0 Å². The Morgan fingerprint density at radius 2 is 1.61 bits per heavy atom. The molecule has 7 rings (SSSR count). The molecule has 1 amide bonds. The van der Waals surface area contributed by atoms with Crippen LogP contribution in [-0.4, -0.2) is 49.1 Å². The molecule has 1 aliphatic heterocycles. The molecule has 2 bridgehead atoms. The molecule has 4 aliphatic rings. The van der Waals surface area contributed by atoms with Gasteiger partial charge in [-0.05, 0) is 99.3 Å². The van der Waals surface area contributed by atoms with Gasteiger partial charge in [-0.2, -0.15) is 4.98 Å². The summed E-state index contributed by atoms with van der Waals surface area (Å²) in [5.41, 5.74) is 3.00. The van der Waals surface area contributed by atoms with Crippen LogP contribution >= 0.6 is 7.14 Å². The van der Waals surface area contributed by atoms with E-state index >= 15 is 0 Å². The molecule has 1 saturated heterocycles. The largest absolute Gasteiger partial charge is 0.381 e. The van der Waals surface area contributed by atoms with Gasteiger partial charge in [0.15, 0.2) is 5.82 Å². The fourth-order valence-electron chi connectivity index (χ4n) is 7.41. The highest BCUT2D eigenvalue weighted by Crippen LogP contribution is 2.57. The van der Waals surface area contributed by atoms with E-state index < -0.39 is 7.14 Å². The summed E-state index contributed by atoms with van der Waals surface area (Å²) in [4.78, 5) is 21.1. The molecule has 0 radical (unpaired) electrons. The minimum atomic E-state index is -2.32. The van der Waals surface area contributed by atoms with E-state index in [2.05, 4.69) is 55.1 Å². The van der Waals surface area contributed by atoms with Gasteiger partial charge in [-0.25, -0.2) is 0 Å². The van der Waals surface area contributed by atoms with Crippen LogP contribution in [0.1, 0.15) is 90.3 Å². The van der Waals surface area contributed by atoms with E-state index in [1.807, 2.05) is 24.3 Å². The van der Waals surface area contributed by atoms with Crippen LogP contribution in [0.2, 0.25) is 0 Å². The van der Waals surface area contributed by atoms with Crippen molar-refractivity contribution in [1.82, 2.24) is 10.1 Å². The van der Waals surface area contributed by atoms with Gasteiger partial charge in [0.1, 0.15) is 7.14 Å². The zero-order valence-electron chi connectivity index (χ0n) is 27.1. The minimum absolute atomic E-state index is 0.0152. The van der Waals surface area contributed by atoms with Gasteiger partial charge < -0.3 is 18.7 Å². The molecule has 8 heteroatoms. The first-order valence-electron chi connectivity index (χ1n) is 16.3. The standard InChI is InChI=1S/C36H48N3O4P/c1-34(2,3)33-37-32(38-43-33)36-18-15-35(16-19-36,17-20-36)25-39(31(40)23-26-13-21-42-22-14-26)29-8-6-7-28(24-29)27-9-11-30(12-10-27)44(4,5)41/h6-12,24,26H,13-23,25H2,1-5H3. The van der Waals surface area contributed by atoms with Gasteiger partial charge in [0.25, 0.3) is 0 Å². The number of carbonyl (C=O) groups excluding carboxylic acids is 1. The molecule has 7 nitrogen and oxygen atoms in total. The summed E-state index contributed by atoms with van der Waals surface area (Å²) in [6.07, 6.45) is 8.71. The molecule has 3 aromatic rings. The first-order valence-corrected chi connectivity index (χ1v) is 19.0. The van der Waals surface area contributed by atoms with E-state index in [9.17, 15) is 9.36 Å². The number of anilines is 1. The first-order chi connectivity index (χ1) is 20.9. The number of hydrogen-bond donors (Lipinski definition) is 0. The van der Waals surface area contributed by atoms with Crippen molar-refractivity contribution in [3.8, 4) is 11.1 Å². The fourth-order valence-corrected chi connectivity index (χ4v) is 8.28. The van der Waals surface area contributed by atoms with Gasteiger partial charge in [-0.3, -0.25) is 4.79 Å². The van der Waals surface area contributed by atoms with Crippen LogP contribution in [0, 0.1) is 11.3 Å². The Kier molecular flexibility index (Phi) is 8.43. The molecular weight excluding hydrogens is 569 g/mol. The van der Waals surface area contributed by atoms with Crippen LogP contribution in [0.25, 0.3) is 11.1 Å². The van der Waals surface area contributed by atoms with Crippen LogP contribution in [0.4, 0.5) is 5.69 Å². The quantitative estimate of drug-likeness (QED) is 0.241. The number of rotatable bonds is 8. The smallest absolute Gasteiger partial charge is 0.232 e. The Balaban J connectivity index is 1.25. The lowest BCUT2D eigenvalue weighted by Gasteiger charge is -2.53. The number of amides is 1. The lowest BCUT2D eigenvalue weighted by atomic mass is 9.53. The fraction of sp³-hybridized carbons (Fsp3) is 0.583. The summed E-state index contributed by atoms with van der Waals surface area (Å²) < 4.78 is 23.9. The molecule has 0 N–H and O–H groups in total. The van der Waals surface area contributed by atoms with E-state index in [0.717, 1.165) is 99.1 Å². The van der Waals surface area contributed by atoms with E-state index in [4.69, 9.17) is 14.2 Å². The average Bonchev–Trinajstić information content (AvgIpc) is 3.54. The Morgan fingerprint density at radius 3 is 2.20 bits per heavy atom. The topological polar surface area (TPSA) is 85.5 Å². The summed E-state index contributed by atoms with van der Waals surface area (Å²) in [5.74, 6) is 2.17. The average molecular weight is 618 g/mol. The maximum Gasteiger partial charge on any atom is 0.232 e. The third-order valence-electron chi connectivity index (χ3n) is 10.5. The minimum Gasteiger partial charge on any atom is -0.381 e. The molecule has 3 aliphatic carbocycles. The molecule has 0 spiro atoms. The highest BCUT2D eigenvalue weighted by Gasteiger charge is 2.52. The normalized spacial score (nSPS) is 24.4. The Hall–Kier alpha value is -2.76. The molecule has 2 aromatic carbocycles. The van der Waals surface area contributed by atoms with Crippen LogP contribution in [-0.2, 0) is 24.9 Å². The van der Waals surface area contributed by atoms with Crippen LogP contribution in [0.15, 0.2) is 53.1 Å². The van der Waals surface area contributed by atoms with Crippen molar-refractivity contribution in [2.24, 2.45) is 11.3 Å². The Bertz CT molecular complexity index is 1500. The highest BCUT2D eigenvalue weighted by atomic mass is 31.2. The SMILES string of the molecule is CC(C)(C)c1nc(C23CCC(CN(C(=O)CC4CCOCC4)c4cccc(-c5ccc(P(C)(C)=O)cc5)c4)(CC2)CC3)no1. The Morgan fingerprint density at radius 1 is 0.955 bits per heavy atom. The summed E-state index contributed by atoms with van der Waals surface area (Å²) >= 11 is 0. The highest BCUT2D eigenvalue weighted by molar-refractivity contribution is 7.70. The van der Waals surface area contributed by atoms with Crippen molar-refractivity contribution in [3.05, 3.63) is 60.2 Å². The number of nitrogens with zero attached hydrogens (tertiary/aromatic N) is 3. The number of benzene rings is 2. The monoisotopic (exact) mass is 617 g/mol. The second-order valence-corrected chi connectivity index (χ2v) is 18.4. The van der Waals surface area contributed by atoms with Crippen molar-refractivity contribution in [1.29, 1.82) is 0 Å². The number of carbonyl (C=O) groups is 1. The second kappa shape index (κ2) is 11.9. The third-order valence-corrected chi connectivity index (χ3v) is 12.1. The van der Waals surface area contributed by atoms with Gasteiger partial charge in [0, 0.05) is 48.0 Å². The summed E-state index contributed by atoms with van der Waals surface area (Å²) in [5, 5.41) is 5.36. The molecule has 44 heavy (non-hydrogen) atoms. The van der Waals surface area contributed by atoms with Gasteiger partial charge in [0.2, 0.25) is 11.8 Å². The Labute approximate surface area is 262 Å². The lowest BCUT2D eigenvalue weighted by Crippen LogP contribution is -2.51. The number of ether oxygens (including phenoxy) is 1. The molecule has 4 fully saturated rings. The van der Waals surface area contributed by atoms with Gasteiger partial charge in [-0.15, -0.1) is 0 Å². The van der Waals surface area contributed by atoms with Gasteiger partial charge in [-0.1, -0.05) is 62.3 Å². The second-order valence-electron chi connectivity index (χ2n) is 15.1. The van der Waals surface area contributed by atoms with Gasteiger partial charge in [0.05, 0.1) is 0 Å². The van der Waals surface area contributed by atoms with Gasteiger partial charge >= 0.3 is 0 Å². The third kappa shape index (κ3) is 6.46. The van der Waals surface area contributed by atoms with Crippen molar-refractivity contribution in [2.45, 2.75) is 89.4 Å². The molecule has 0 unspecified atom stereocenters. The maximum absolute atomic E-state index is 14.2. The van der Waals surface area contributed by atoms with Crippen molar-refractivity contribution < 1.29 is 18.6 Å². The van der Waals surface area contributed by atoms with E-state index in [1.54, 1.807) is 13.3 Å². The molecule has 1 aromatic heterocycles. The molecule has 0 atom stereocenters. The zero-order valence-corrected chi connectivity index (χ0v) is 28.0. The molecule has 2 heterocycles. The molecule has 3 saturated carbocycles. The number of aromatic nitrogens is 2.